The zero-order chi connectivity index (χ0) is 14.7. The number of hydrogen-bond acceptors (Lipinski definition) is 0. The van der Waals surface area contributed by atoms with Crippen molar-refractivity contribution in [1.29, 1.82) is 0 Å². The molecule has 2 atom stereocenters. The quantitative estimate of drug-likeness (QED) is 0.510. The molecule has 20 heavy (non-hydrogen) atoms. The highest BCUT2D eigenvalue weighted by atomic mass is 79.9. The van der Waals surface area contributed by atoms with Crippen molar-refractivity contribution >= 4 is 39.1 Å². The summed E-state index contributed by atoms with van der Waals surface area (Å²) in [5.41, 5.74) is 3.35. The molecule has 0 aliphatic carbocycles. The molecule has 0 aliphatic rings. The first-order chi connectivity index (χ1) is 9.52. The maximum Gasteiger partial charge on any atom is 0.0850 e. The van der Waals surface area contributed by atoms with Crippen LogP contribution in [-0.2, 0) is 0 Å². The zero-order valence-electron chi connectivity index (χ0n) is 11.5. The first-order valence-corrected chi connectivity index (χ1v) is 8.32. The van der Waals surface area contributed by atoms with Crippen LogP contribution in [0.2, 0.25) is 5.02 Å². The molecule has 0 saturated carbocycles. The monoisotopic (exact) mass is 370 g/mol. The Hall–Kier alpha value is -0.500. The van der Waals surface area contributed by atoms with E-state index in [1.165, 1.54) is 5.56 Å². The van der Waals surface area contributed by atoms with E-state index in [0.29, 0.717) is 10.9 Å². The highest BCUT2D eigenvalue weighted by molar-refractivity contribution is 9.10. The lowest BCUT2D eigenvalue weighted by Crippen LogP contribution is -1.96. The van der Waals surface area contributed by atoms with E-state index in [1.807, 2.05) is 18.2 Å². The van der Waals surface area contributed by atoms with Gasteiger partial charge in [0.15, 0.2) is 0 Å². The third-order valence-corrected chi connectivity index (χ3v) is 4.97. The average molecular weight is 372 g/mol. The molecule has 2 aromatic carbocycles. The molecule has 2 aromatic rings. The van der Waals surface area contributed by atoms with Gasteiger partial charge in [-0.1, -0.05) is 65.6 Å². The van der Waals surface area contributed by atoms with Crippen molar-refractivity contribution in [3.8, 4) is 0 Å². The van der Waals surface area contributed by atoms with E-state index in [0.717, 1.165) is 22.0 Å². The second kappa shape index (κ2) is 6.98. The summed E-state index contributed by atoms with van der Waals surface area (Å²) < 4.78 is 0.985. The molecular weight excluding hydrogens is 355 g/mol. The predicted molar refractivity (Wildman–Crippen MR) is 92.0 cm³/mol. The Labute approximate surface area is 139 Å². The van der Waals surface area contributed by atoms with E-state index in [-0.39, 0.29) is 5.38 Å². The van der Waals surface area contributed by atoms with Gasteiger partial charge in [0.05, 0.1) is 5.38 Å². The van der Waals surface area contributed by atoms with Crippen molar-refractivity contribution in [2.75, 3.05) is 0 Å². The maximum atomic E-state index is 6.57. The van der Waals surface area contributed by atoms with E-state index in [1.54, 1.807) is 0 Å². The topological polar surface area (TPSA) is 0 Å². The van der Waals surface area contributed by atoms with Crippen molar-refractivity contribution < 1.29 is 0 Å². The SMILES string of the molecule is CCC(C)c1ccc(C(Cl)c2cc(Br)ccc2Cl)cc1. The van der Waals surface area contributed by atoms with Crippen molar-refractivity contribution in [3.63, 3.8) is 0 Å². The normalized spacial score (nSPS) is 14.1. The summed E-state index contributed by atoms with van der Waals surface area (Å²) in [6, 6.07) is 14.3. The third-order valence-electron chi connectivity index (χ3n) is 3.64. The van der Waals surface area contributed by atoms with Crippen LogP contribution in [0, 0.1) is 0 Å². The van der Waals surface area contributed by atoms with Gasteiger partial charge in [-0.25, -0.2) is 0 Å². The van der Waals surface area contributed by atoms with Crippen LogP contribution in [0.4, 0.5) is 0 Å². The van der Waals surface area contributed by atoms with Gasteiger partial charge in [0.25, 0.3) is 0 Å². The second-order valence-corrected chi connectivity index (χ2v) is 6.76. The Bertz CT molecular complexity index is 578. The molecule has 0 saturated heterocycles. The molecular formula is C17H17BrCl2. The second-order valence-electron chi connectivity index (χ2n) is 5.00. The largest absolute Gasteiger partial charge is 0.113 e. The van der Waals surface area contributed by atoms with E-state index in [9.17, 15) is 0 Å². The van der Waals surface area contributed by atoms with Gasteiger partial charge in [-0.05, 0) is 47.2 Å². The summed E-state index contributed by atoms with van der Waals surface area (Å²) in [6.45, 7) is 4.43. The lowest BCUT2D eigenvalue weighted by molar-refractivity contribution is 0.733. The number of alkyl halides is 1. The van der Waals surface area contributed by atoms with E-state index < -0.39 is 0 Å². The standard InChI is InChI=1S/C17H17BrCl2/c1-3-11(2)12-4-6-13(7-5-12)17(20)15-10-14(18)8-9-16(15)19/h4-11,17H,3H2,1-2H3. The molecule has 0 spiro atoms. The van der Waals surface area contributed by atoms with Gasteiger partial charge in [-0.2, -0.15) is 0 Å². The number of rotatable bonds is 4. The number of halogens is 3. The summed E-state index contributed by atoms with van der Waals surface area (Å²) in [6.07, 6.45) is 1.14. The fourth-order valence-corrected chi connectivity index (χ4v) is 3.10. The molecule has 0 N–H and O–H groups in total. The molecule has 0 bridgehead atoms. The van der Waals surface area contributed by atoms with Crippen molar-refractivity contribution in [2.24, 2.45) is 0 Å². The predicted octanol–water partition coefficient (Wildman–Crippen LogP) is 6.94. The van der Waals surface area contributed by atoms with Gasteiger partial charge in [-0.15, -0.1) is 11.6 Å². The fraction of sp³-hybridized carbons (Fsp3) is 0.294. The maximum absolute atomic E-state index is 6.57. The van der Waals surface area contributed by atoms with Crippen LogP contribution >= 0.6 is 39.1 Å². The number of benzene rings is 2. The van der Waals surface area contributed by atoms with Crippen LogP contribution in [0.25, 0.3) is 0 Å². The van der Waals surface area contributed by atoms with Crippen LogP contribution in [0.3, 0.4) is 0 Å². The van der Waals surface area contributed by atoms with Gasteiger partial charge < -0.3 is 0 Å². The Morgan fingerprint density at radius 1 is 1.05 bits per heavy atom. The van der Waals surface area contributed by atoms with E-state index >= 15 is 0 Å². The Balaban J connectivity index is 2.29. The lowest BCUT2D eigenvalue weighted by Gasteiger charge is -2.15. The summed E-state index contributed by atoms with van der Waals surface area (Å²) in [5, 5.41) is 0.463. The van der Waals surface area contributed by atoms with Crippen molar-refractivity contribution in [1.82, 2.24) is 0 Å². The van der Waals surface area contributed by atoms with Gasteiger partial charge in [0.1, 0.15) is 0 Å². The van der Waals surface area contributed by atoms with Crippen LogP contribution < -0.4 is 0 Å². The Morgan fingerprint density at radius 2 is 1.65 bits per heavy atom. The molecule has 0 aliphatic heterocycles. The average Bonchev–Trinajstić information content (AvgIpc) is 2.48. The molecule has 0 aromatic heterocycles. The third kappa shape index (κ3) is 3.58. The molecule has 2 unspecified atom stereocenters. The molecule has 106 valence electrons. The molecule has 0 radical (unpaired) electrons. The van der Waals surface area contributed by atoms with E-state index in [2.05, 4.69) is 54.0 Å². The first-order valence-electron chi connectivity index (χ1n) is 6.71. The fourth-order valence-electron chi connectivity index (χ4n) is 2.12. The molecule has 0 nitrogen and oxygen atoms in total. The molecule has 2 rings (SSSR count). The molecule has 0 amide bonds. The Morgan fingerprint density at radius 3 is 2.25 bits per heavy atom. The number of hydrogen-bond donors (Lipinski definition) is 0. The van der Waals surface area contributed by atoms with Gasteiger partial charge >= 0.3 is 0 Å². The molecule has 3 heteroatoms. The lowest BCUT2D eigenvalue weighted by atomic mass is 9.96. The van der Waals surface area contributed by atoms with Crippen LogP contribution in [0.1, 0.15) is 48.3 Å². The van der Waals surface area contributed by atoms with Crippen LogP contribution in [0.5, 0.6) is 0 Å². The highest BCUT2D eigenvalue weighted by Gasteiger charge is 2.15. The molecule has 0 heterocycles. The smallest absolute Gasteiger partial charge is 0.0850 e. The van der Waals surface area contributed by atoms with Gasteiger partial charge in [0.2, 0.25) is 0 Å². The summed E-state index contributed by atoms with van der Waals surface area (Å²) in [7, 11) is 0. The summed E-state index contributed by atoms with van der Waals surface area (Å²) in [5.74, 6) is 0.576. The highest BCUT2D eigenvalue weighted by Crippen LogP contribution is 2.35. The zero-order valence-corrected chi connectivity index (χ0v) is 14.6. The Kier molecular flexibility index (Phi) is 5.54. The van der Waals surface area contributed by atoms with Crippen molar-refractivity contribution in [2.45, 2.75) is 31.6 Å². The molecule has 0 fully saturated rings. The summed E-state index contributed by atoms with van der Waals surface area (Å²) in [4.78, 5) is 0. The van der Waals surface area contributed by atoms with Gasteiger partial charge in [0, 0.05) is 9.50 Å². The minimum absolute atomic E-state index is 0.231. The summed E-state index contributed by atoms with van der Waals surface area (Å²) >= 11 is 16.3. The minimum atomic E-state index is -0.231. The van der Waals surface area contributed by atoms with Crippen LogP contribution in [0.15, 0.2) is 46.9 Å². The van der Waals surface area contributed by atoms with Gasteiger partial charge in [-0.3, -0.25) is 0 Å². The first kappa shape index (κ1) is 15.9. The van der Waals surface area contributed by atoms with Crippen LogP contribution in [-0.4, -0.2) is 0 Å². The van der Waals surface area contributed by atoms with Crippen molar-refractivity contribution in [3.05, 3.63) is 68.7 Å². The van der Waals surface area contributed by atoms with E-state index in [4.69, 9.17) is 23.2 Å². The minimum Gasteiger partial charge on any atom is -0.113 e.